The third kappa shape index (κ3) is 3.13. The lowest BCUT2D eigenvalue weighted by atomic mass is 9.90. The Labute approximate surface area is 122 Å². The van der Waals surface area contributed by atoms with Gasteiger partial charge in [-0.15, -0.1) is 0 Å². The minimum absolute atomic E-state index is 0.0739. The van der Waals surface area contributed by atoms with E-state index in [1.54, 1.807) is 19.1 Å². The van der Waals surface area contributed by atoms with Gasteiger partial charge in [-0.05, 0) is 31.5 Å². The zero-order valence-corrected chi connectivity index (χ0v) is 12.0. The summed E-state index contributed by atoms with van der Waals surface area (Å²) in [5, 5.41) is 20.2. The molecule has 1 saturated heterocycles. The number of nitro benzene ring substituents is 1. The van der Waals surface area contributed by atoms with E-state index in [2.05, 4.69) is 0 Å². The van der Waals surface area contributed by atoms with Crippen LogP contribution in [0, 0.1) is 15.5 Å². The quantitative estimate of drug-likeness (QED) is 0.658. The zero-order chi connectivity index (χ0) is 15.6. The van der Waals surface area contributed by atoms with Gasteiger partial charge in [-0.1, -0.05) is 6.07 Å². The molecule has 1 aliphatic heterocycles. The monoisotopic (exact) mass is 294 g/mol. The molecule has 1 aromatic carbocycles. The van der Waals surface area contributed by atoms with E-state index in [-0.39, 0.29) is 11.4 Å². The number of hydrogen-bond donors (Lipinski definition) is 1. The molecule has 0 amide bonds. The van der Waals surface area contributed by atoms with E-state index in [0.29, 0.717) is 26.1 Å². The highest BCUT2D eigenvalue weighted by Gasteiger charge is 2.40. The van der Waals surface area contributed by atoms with Gasteiger partial charge in [0.25, 0.3) is 0 Å². The highest BCUT2D eigenvalue weighted by molar-refractivity contribution is 5.74. The number of nitrogens with zero attached hydrogens (tertiary/aromatic N) is 2. The summed E-state index contributed by atoms with van der Waals surface area (Å²) in [6.07, 6.45) is 0.584. The van der Waals surface area contributed by atoms with Gasteiger partial charge in [0.15, 0.2) is 5.75 Å². The third-order valence-electron chi connectivity index (χ3n) is 3.91. The van der Waals surface area contributed by atoms with E-state index in [4.69, 9.17) is 4.74 Å². The van der Waals surface area contributed by atoms with E-state index >= 15 is 0 Å². The molecule has 0 radical (unpaired) electrons. The average Bonchev–Trinajstić information content (AvgIpc) is 2.81. The molecule has 21 heavy (non-hydrogen) atoms. The molecular formula is C14H18N2O5. The second kappa shape index (κ2) is 5.69. The first kappa shape index (κ1) is 15.2. The van der Waals surface area contributed by atoms with Gasteiger partial charge in [0.05, 0.1) is 17.4 Å². The van der Waals surface area contributed by atoms with Crippen molar-refractivity contribution in [3.05, 3.63) is 33.9 Å². The number of nitro groups is 1. The number of aliphatic carboxylic acids is 1. The number of methoxy groups -OCH3 is 1. The molecule has 0 saturated carbocycles. The number of carbonyl (C=O) groups is 1. The van der Waals surface area contributed by atoms with Gasteiger partial charge in [-0.3, -0.25) is 19.8 Å². The van der Waals surface area contributed by atoms with Gasteiger partial charge in [-0.2, -0.15) is 0 Å². The lowest BCUT2D eigenvalue weighted by Gasteiger charge is -2.20. The maximum atomic E-state index is 11.2. The van der Waals surface area contributed by atoms with Crippen LogP contribution in [0.3, 0.4) is 0 Å². The lowest BCUT2D eigenvalue weighted by Crippen LogP contribution is -2.31. The van der Waals surface area contributed by atoms with Gasteiger partial charge >= 0.3 is 11.7 Å². The summed E-state index contributed by atoms with van der Waals surface area (Å²) in [6, 6.07) is 4.82. The first-order valence-electron chi connectivity index (χ1n) is 6.63. The van der Waals surface area contributed by atoms with Crippen molar-refractivity contribution in [1.29, 1.82) is 0 Å². The standard InChI is InChI=1S/C14H18N2O5/c1-14(13(17)18)5-6-15(9-14)8-10-3-4-12(21-2)11(7-10)16(19)20/h3-4,7H,5-6,8-9H2,1-2H3,(H,17,18). The smallest absolute Gasteiger partial charge is 0.311 e. The Balaban J connectivity index is 2.13. The van der Waals surface area contributed by atoms with Crippen LogP contribution in [0.1, 0.15) is 18.9 Å². The summed E-state index contributed by atoms with van der Waals surface area (Å²) in [5.41, 5.74) is -0.0365. The van der Waals surface area contributed by atoms with Crippen molar-refractivity contribution in [3.63, 3.8) is 0 Å². The molecule has 1 aromatic rings. The molecule has 114 valence electrons. The van der Waals surface area contributed by atoms with Crippen LogP contribution < -0.4 is 4.74 Å². The van der Waals surface area contributed by atoms with E-state index in [0.717, 1.165) is 5.56 Å². The van der Waals surface area contributed by atoms with Gasteiger partial charge in [-0.25, -0.2) is 0 Å². The molecule has 7 heteroatoms. The largest absolute Gasteiger partial charge is 0.490 e. The Morgan fingerprint density at radius 1 is 1.57 bits per heavy atom. The molecule has 1 atom stereocenters. The molecular weight excluding hydrogens is 276 g/mol. The number of ether oxygens (including phenoxy) is 1. The lowest BCUT2D eigenvalue weighted by molar-refractivity contribution is -0.385. The average molecular weight is 294 g/mol. The second-order valence-corrected chi connectivity index (χ2v) is 5.59. The highest BCUT2D eigenvalue weighted by atomic mass is 16.6. The zero-order valence-electron chi connectivity index (χ0n) is 12.0. The number of carboxylic acids is 1. The fraction of sp³-hybridized carbons (Fsp3) is 0.500. The Hall–Kier alpha value is -2.15. The molecule has 0 aromatic heterocycles. The third-order valence-corrected chi connectivity index (χ3v) is 3.91. The van der Waals surface area contributed by atoms with E-state index < -0.39 is 16.3 Å². The maximum absolute atomic E-state index is 11.2. The summed E-state index contributed by atoms with van der Waals surface area (Å²) in [7, 11) is 1.39. The second-order valence-electron chi connectivity index (χ2n) is 5.59. The van der Waals surface area contributed by atoms with Gasteiger partial charge in [0.2, 0.25) is 0 Å². The molecule has 1 heterocycles. The molecule has 7 nitrogen and oxygen atoms in total. The molecule has 1 N–H and O–H groups in total. The normalized spacial score (nSPS) is 22.2. The molecule has 1 fully saturated rings. The van der Waals surface area contributed by atoms with Crippen LogP contribution in [0.15, 0.2) is 18.2 Å². The van der Waals surface area contributed by atoms with Crippen LogP contribution in [0.4, 0.5) is 5.69 Å². The first-order chi connectivity index (χ1) is 9.85. The summed E-state index contributed by atoms with van der Waals surface area (Å²) in [4.78, 5) is 23.7. The molecule has 1 aliphatic rings. The summed E-state index contributed by atoms with van der Waals surface area (Å²) >= 11 is 0. The molecule has 0 aliphatic carbocycles. The van der Waals surface area contributed by atoms with E-state index in [9.17, 15) is 20.0 Å². The van der Waals surface area contributed by atoms with E-state index in [1.165, 1.54) is 13.2 Å². The predicted octanol–water partition coefficient (Wildman–Crippen LogP) is 1.90. The SMILES string of the molecule is COc1ccc(CN2CCC(C)(C(=O)O)C2)cc1[N+](=O)[O-]. The van der Waals surface area contributed by atoms with Gasteiger partial charge in [0, 0.05) is 19.2 Å². The van der Waals surface area contributed by atoms with Crippen LogP contribution in [-0.2, 0) is 11.3 Å². The van der Waals surface area contributed by atoms with Crippen LogP contribution in [0.25, 0.3) is 0 Å². The van der Waals surface area contributed by atoms with Crippen molar-refractivity contribution in [1.82, 2.24) is 4.90 Å². The van der Waals surface area contributed by atoms with Crippen LogP contribution in [0.5, 0.6) is 5.75 Å². The Kier molecular flexibility index (Phi) is 4.13. The van der Waals surface area contributed by atoms with Crippen molar-refractivity contribution < 1.29 is 19.6 Å². The maximum Gasteiger partial charge on any atom is 0.311 e. The van der Waals surface area contributed by atoms with Crippen LogP contribution in [0.2, 0.25) is 0 Å². The Morgan fingerprint density at radius 2 is 2.29 bits per heavy atom. The number of hydrogen-bond acceptors (Lipinski definition) is 5. The number of likely N-dealkylation sites (tertiary alicyclic amines) is 1. The first-order valence-corrected chi connectivity index (χ1v) is 6.63. The van der Waals surface area contributed by atoms with Crippen molar-refractivity contribution in [2.75, 3.05) is 20.2 Å². The van der Waals surface area contributed by atoms with Crippen molar-refractivity contribution in [3.8, 4) is 5.75 Å². The highest BCUT2D eigenvalue weighted by Crippen LogP contribution is 2.32. The predicted molar refractivity (Wildman–Crippen MR) is 75.3 cm³/mol. The van der Waals surface area contributed by atoms with Crippen molar-refractivity contribution in [2.45, 2.75) is 19.9 Å². The fourth-order valence-electron chi connectivity index (χ4n) is 2.60. The molecule has 1 unspecified atom stereocenters. The van der Waals surface area contributed by atoms with Crippen molar-refractivity contribution >= 4 is 11.7 Å². The number of carboxylic acid groups (broad SMARTS) is 1. The Morgan fingerprint density at radius 3 is 2.81 bits per heavy atom. The van der Waals surface area contributed by atoms with Crippen LogP contribution >= 0.6 is 0 Å². The summed E-state index contributed by atoms with van der Waals surface area (Å²) in [6.45, 7) is 3.34. The van der Waals surface area contributed by atoms with E-state index in [1.807, 2.05) is 4.90 Å². The minimum Gasteiger partial charge on any atom is -0.490 e. The fourth-order valence-corrected chi connectivity index (χ4v) is 2.60. The molecule has 0 bridgehead atoms. The van der Waals surface area contributed by atoms with Crippen molar-refractivity contribution in [2.24, 2.45) is 5.41 Å². The number of benzene rings is 1. The van der Waals surface area contributed by atoms with Gasteiger partial charge in [0.1, 0.15) is 0 Å². The summed E-state index contributed by atoms with van der Waals surface area (Å²) in [5.74, 6) is -0.578. The van der Waals surface area contributed by atoms with Crippen LogP contribution in [-0.4, -0.2) is 41.1 Å². The Bertz CT molecular complexity index is 574. The number of rotatable bonds is 5. The topological polar surface area (TPSA) is 92.9 Å². The summed E-state index contributed by atoms with van der Waals surface area (Å²) < 4.78 is 4.96. The molecule has 2 rings (SSSR count). The molecule has 0 spiro atoms. The van der Waals surface area contributed by atoms with Gasteiger partial charge < -0.3 is 9.84 Å². The minimum atomic E-state index is -0.800.